The van der Waals surface area contributed by atoms with Crippen LogP contribution in [0.1, 0.15) is 45.6 Å². The Morgan fingerprint density at radius 1 is 1.28 bits per heavy atom. The van der Waals surface area contributed by atoms with Crippen molar-refractivity contribution in [1.29, 1.82) is 0 Å². The van der Waals surface area contributed by atoms with Gasteiger partial charge >= 0.3 is 0 Å². The smallest absolute Gasteiger partial charge is 0.261 e. The maximum absolute atomic E-state index is 11.4. The highest BCUT2D eigenvalue weighted by molar-refractivity contribution is 8.13. The number of hydrogen-bond donors (Lipinski definition) is 0. The predicted octanol–water partition coefficient (Wildman–Crippen LogP) is 3.91. The molecule has 0 fully saturated rings. The third-order valence-electron chi connectivity index (χ3n) is 2.77. The molecule has 18 heavy (non-hydrogen) atoms. The first-order valence-electron chi connectivity index (χ1n) is 6.01. The van der Waals surface area contributed by atoms with Crippen LogP contribution in [-0.4, -0.2) is 14.5 Å². The van der Waals surface area contributed by atoms with Crippen LogP contribution in [0, 0.1) is 0 Å². The van der Waals surface area contributed by atoms with Crippen molar-refractivity contribution >= 4 is 19.7 Å². The molecular formula is C13H19ClO3S. The lowest BCUT2D eigenvalue weighted by atomic mass is 9.98. The van der Waals surface area contributed by atoms with Gasteiger partial charge in [-0.3, -0.25) is 0 Å². The number of ether oxygens (including phenoxy) is 1. The lowest BCUT2D eigenvalue weighted by molar-refractivity contribution is 0.238. The van der Waals surface area contributed by atoms with Gasteiger partial charge in [-0.1, -0.05) is 13.8 Å². The Morgan fingerprint density at radius 3 is 2.33 bits per heavy atom. The van der Waals surface area contributed by atoms with E-state index in [1.807, 2.05) is 27.7 Å². The van der Waals surface area contributed by atoms with Gasteiger partial charge < -0.3 is 4.74 Å². The monoisotopic (exact) mass is 290 g/mol. The summed E-state index contributed by atoms with van der Waals surface area (Å²) in [6.07, 6.45) is 0.950. The minimum atomic E-state index is -3.70. The lowest BCUT2D eigenvalue weighted by Gasteiger charge is -2.18. The normalized spacial score (nSPS) is 13.7. The van der Waals surface area contributed by atoms with E-state index in [2.05, 4.69) is 0 Å². The zero-order valence-electron chi connectivity index (χ0n) is 11.1. The van der Waals surface area contributed by atoms with Gasteiger partial charge in [0, 0.05) is 10.7 Å². The van der Waals surface area contributed by atoms with Gasteiger partial charge in [0.05, 0.1) is 11.0 Å². The van der Waals surface area contributed by atoms with E-state index in [1.165, 1.54) is 6.07 Å². The quantitative estimate of drug-likeness (QED) is 0.772. The van der Waals surface area contributed by atoms with Crippen molar-refractivity contribution in [2.24, 2.45) is 0 Å². The van der Waals surface area contributed by atoms with Crippen molar-refractivity contribution in [3.8, 4) is 5.75 Å². The Bertz CT molecular complexity index is 509. The topological polar surface area (TPSA) is 43.4 Å². The van der Waals surface area contributed by atoms with Crippen LogP contribution >= 0.6 is 10.7 Å². The van der Waals surface area contributed by atoms with Gasteiger partial charge in [0.25, 0.3) is 9.05 Å². The van der Waals surface area contributed by atoms with E-state index in [0.717, 1.165) is 17.7 Å². The minimum absolute atomic E-state index is 0.0475. The van der Waals surface area contributed by atoms with Crippen molar-refractivity contribution in [2.45, 2.75) is 51.0 Å². The fraction of sp³-hybridized carbons (Fsp3) is 0.538. The Morgan fingerprint density at radius 2 is 1.89 bits per heavy atom. The number of halogens is 1. The first kappa shape index (κ1) is 15.3. The molecule has 0 saturated carbocycles. The summed E-state index contributed by atoms with van der Waals surface area (Å²) in [5, 5.41) is 0. The molecule has 1 unspecified atom stereocenters. The third-order valence-corrected chi connectivity index (χ3v) is 4.12. The zero-order valence-corrected chi connectivity index (χ0v) is 12.7. The minimum Gasteiger partial charge on any atom is -0.491 e. The van der Waals surface area contributed by atoms with Gasteiger partial charge in [0.2, 0.25) is 0 Å². The fourth-order valence-corrected chi connectivity index (χ4v) is 2.43. The van der Waals surface area contributed by atoms with E-state index in [9.17, 15) is 8.42 Å². The van der Waals surface area contributed by atoms with Crippen molar-refractivity contribution in [2.75, 3.05) is 0 Å². The fourth-order valence-electron chi connectivity index (χ4n) is 1.64. The van der Waals surface area contributed by atoms with Crippen LogP contribution in [-0.2, 0) is 9.05 Å². The van der Waals surface area contributed by atoms with Crippen LogP contribution in [0.25, 0.3) is 0 Å². The molecule has 0 radical (unpaired) electrons. The molecule has 3 nitrogen and oxygen atoms in total. The molecule has 1 rings (SSSR count). The molecule has 0 aliphatic carbocycles. The standard InChI is InChI=1S/C13H19ClO3S/c1-5-10(4)12-8-11(18(14,15)16)6-7-13(12)17-9(2)3/h6-10H,5H2,1-4H3. The number of hydrogen-bond acceptors (Lipinski definition) is 3. The van der Waals surface area contributed by atoms with Crippen LogP contribution < -0.4 is 4.74 Å². The van der Waals surface area contributed by atoms with Crippen LogP contribution in [0.5, 0.6) is 5.75 Å². The molecule has 0 heterocycles. The summed E-state index contributed by atoms with van der Waals surface area (Å²) in [5.74, 6) is 0.945. The van der Waals surface area contributed by atoms with Gasteiger partial charge in [-0.25, -0.2) is 8.42 Å². The van der Waals surface area contributed by atoms with Crippen LogP contribution in [0.4, 0.5) is 0 Å². The summed E-state index contributed by atoms with van der Waals surface area (Å²) in [6, 6.07) is 4.76. The average Bonchev–Trinajstić information content (AvgIpc) is 2.26. The maximum atomic E-state index is 11.4. The molecule has 0 spiro atoms. The van der Waals surface area contributed by atoms with Gasteiger partial charge in [0.1, 0.15) is 5.75 Å². The van der Waals surface area contributed by atoms with Crippen molar-refractivity contribution < 1.29 is 13.2 Å². The molecular weight excluding hydrogens is 272 g/mol. The second kappa shape index (κ2) is 5.93. The summed E-state index contributed by atoms with van der Waals surface area (Å²) in [6.45, 7) is 7.96. The SMILES string of the molecule is CCC(C)c1cc(S(=O)(=O)Cl)ccc1OC(C)C. The van der Waals surface area contributed by atoms with Gasteiger partial charge in [-0.2, -0.15) is 0 Å². The molecule has 0 saturated heterocycles. The van der Waals surface area contributed by atoms with Crippen LogP contribution in [0.3, 0.4) is 0 Å². The van der Waals surface area contributed by atoms with Crippen LogP contribution in [0.15, 0.2) is 23.1 Å². The van der Waals surface area contributed by atoms with Crippen LogP contribution in [0.2, 0.25) is 0 Å². The molecule has 0 aromatic heterocycles. The van der Waals surface area contributed by atoms with Crippen molar-refractivity contribution in [1.82, 2.24) is 0 Å². The predicted molar refractivity (Wildman–Crippen MR) is 74.0 cm³/mol. The molecule has 0 aliphatic rings. The summed E-state index contributed by atoms with van der Waals surface area (Å²) in [5.41, 5.74) is 0.882. The molecule has 0 aliphatic heterocycles. The highest BCUT2D eigenvalue weighted by atomic mass is 35.7. The van der Waals surface area contributed by atoms with E-state index in [4.69, 9.17) is 15.4 Å². The lowest BCUT2D eigenvalue weighted by Crippen LogP contribution is -2.09. The maximum Gasteiger partial charge on any atom is 0.261 e. The molecule has 102 valence electrons. The largest absolute Gasteiger partial charge is 0.491 e. The molecule has 1 atom stereocenters. The molecule has 1 aromatic rings. The van der Waals surface area contributed by atoms with Gasteiger partial charge in [0.15, 0.2) is 0 Å². The summed E-state index contributed by atoms with van der Waals surface area (Å²) >= 11 is 0. The summed E-state index contributed by atoms with van der Waals surface area (Å²) in [7, 11) is 1.67. The second-order valence-corrected chi connectivity index (χ2v) is 7.18. The Labute approximate surface area is 114 Å². The van der Waals surface area contributed by atoms with E-state index in [0.29, 0.717) is 0 Å². The van der Waals surface area contributed by atoms with E-state index in [1.54, 1.807) is 12.1 Å². The highest BCUT2D eigenvalue weighted by Crippen LogP contribution is 2.32. The Kier molecular flexibility index (Phi) is 5.05. The molecule has 5 heteroatoms. The van der Waals surface area contributed by atoms with Crippen molar-refractivity contribution in [3.63, 3.8) is 0 Å². The Balaban J connectivity index is 3.29. The average molecular weight is 291 g/mol. The second-order valence-electron chi connectivity index (χ2n) is 4.61. The molecule has 0 N–H and O–H groups in total. The third kappa shape index (κ3) is 3.89. The highest BCUT2D eigenvalue weighted by Gasteiger charge is 2.17. The Hall–Kier alpha value is -0.740. The van der Waals surface area contributed by atoms with Gasteiger partial charge in [-0.15, -0.1) is 0 Å². The van der Waals surface area contributed by atoms with E-state index in [-0.39, 0.29) is 16.9 Å². The van der Waals surface area contributed by atoms with Gasteiger partial charge in [-0.05, 0) is 49.9 Å². The first-order valence-corrected chi connectivity index (χ1v) is 8.32. The molecule has 0 bridgehead atoms. The molecule has 0 amide bonds. The number of rotatable bonds is 5. The first-order chi connectivity index (χ1) is 8.25. The van der Waals surface area contributed by atoms with E-state index < -0.39 is 9.05 Å². The summed E-state index contributed by atoms with van der Waals surface area (Å²) < 4.78 is 28.4. The van der Waals surface area contributed by atoms with E-state index >= 15 is 0 Å². The number of benzene rings is 1. The molecule has 1 aromatic carbocycles. The van der Waals surface area contributed by atoms with Crippen molar-refractivity contribution in [3.05, 3.63) is 23.8 Å². The zero-order chi connectivity index (χ0) is 13.9. The summed E-state index contributed by atoms with van der Waals surface area (Å²) in [4.78, 5) is 0.121.